The highest BCUT2D eigenvalue weighted by Gasteiger charge is 2.49. The zero-order valence-corrected chi connectivity index (χ0v) is 14.5. The van der Waals surface area contributed by atoms with Crippen molar-refractivity contribution < 1.29 is 40.4 Å². The van der Waals surface area contributed by atoms with Crippen molar-refractivity contribution in [2.45, 2.75) is 25.5 Å². The second-order valence-corrected chi connectivity index (χ2v) is 6.83. The summed E-state index contributed by atoms with van der Waals surface area (Å²) in [6.07, 6.45) is -2.02. The van der Waals surface area contributed by atoms with Gasteiger partial charge in [0.1, 0.15) is 0 Å². The smallest absolute Gasteiger partial charge is 0.464 e. The standard InChI is InChI=1S/C16H15F3O6S/c1-3-24-15(21)13(20)12-9(2)8-10-6-4-5-7-11(10)14(12)25-26(22,23)16(17,18)19/h4-8,13,20H,3H2,1-2H3/t13-/m0/s1. The summed E-state index contributed by atoms with van der Waals surface area (Å²) < 4.78 is 70.3. The predicted molar refractivity (Wildman–Crippen MR) is 85.9 cm³/mol. The van der Waals surface area contributed by atoms with Crippen LogP contribution in [0.25, 0.3) is 10.8 Å². The molecule has 0 heterocycles. The van der Waals surface area contributed by atoms with Crippen LogP contribution in [0.2, 0.25) is 0 Å². The number of carbonyl (C=O) groups excluding carboxylic acids is 1. The summed E-state index contributed by atoms with van der Waals surface area (Å²) in [5.74, 6) is -1.90. The van der Waals surface area contributed by atoms with Gasteiger partial charge in [0.2, 0.25) is 0 Å². The van der Waals surface area contributed by atoms with Crippen molar-refractivity contribution in [2.24, 2.45) is 0 Å². The van der Waals surface area contributed by atoms with Crippen LogP contribution >= 0.6 is 0 Å². The Kier molecular flexibility index (Phi) is 5.47. The van der Waals surface area contributed by atoms with Crippen molar-refractivity contribution in [3.8, 4) is 5.75 Å². The molecule has 0 radical (unpaired) electrons. The van der Waals surface area contributed by atoms with Crippen LogP contribution in [0.1, 0.15) is 24.2 Å². The van der Waals surface area contributed by atoms with Crippen LogP contribution in [-0.2, 0) is 19.6 Å². The van der Waals surface area contributed by atoms with Crippen molar-refractivity contribution >= 4 is 26.9 Å². The number of benzene rings is 2. The SMILES string of the molecule is CCOC(=O)[C@@H](O)c1c(C)cc2ccccc2c1OS(=O)(=O)C(F)(F)F. The summed E-state index contributed by atoms with van der Waals surface area (Å²) in [5.41, 5.74) is -5.92. The Morgan fingerprint density at radius 2 is 1.88 bits per heavy atom. The van der Waals surface area contributed by atoms with Crippen molar-refractivity contribution in [3.63, 3.8) is 0 Å². The van der Waals surface area contributed by atoms with Crippen LogP contribution in [0.4, 0.5) is 13.2 Å². The maximum absolute atomic E-state index is 12.8. The Morgan fingerprint density at radius 1 is 1.27 bits per heavy atom. The van der Waals surface area contributed by atoms with Crippen LogP contribution in [0.3, 0.4) is 0 Å². The van der Waals surface area contributed by atoms with Gasteiger partial charge in [0.05, 0.1) is 6.61 Å². The minimum absolute atomic E-state index is 0.00993. The lowest BCUT2D eigenvalue weighted by Crippen LogP contribution is -2.29. The van der Waals surface area contributed by atoms with Crippen molar-refractivity contribution in [3.05, 3.63) is 41.5 Å². The number of aliphatic hydroxyl groups is 1. The van der Waals surface area contributed by atoms with Gasteiger partial charge in [0, 0.05) is 10.9 Å². The second-order valence-electron chi connectivity index (χ2n) is 5.30. The van der Waals surface area contributed by atoms with Gasteiger partial charge in [-0.25, -0.2) is 4.79 Å². The molecule has 2 aromatic carbocycles. The van der Waals surface area contributed by atoms with E-state index < -0.39 is 39.0 Å². The molecule has 0 spiro atoms. The fourth-order valence-electron chi connectivity index (χ4n) is 2.39. The normalized spacial score (nSPS) is 13.5. The number of halogens is 3. The van der Waals surface area contributed by atoms with Crippen LogP contribution in [-0.4, -0.2) is 31.6 Å². The predicted octanol–water partition coefficient (Wildman–Crippen LogP) is 2.97. The number of aryl methyl sites for hydroxylation is 1. The van der Waals surface area contributed by atoms with E-state index in [1.165, 1.54) is 38.1 Å². The van der Waals surface area contributed by atoms with Gasteiger partial charge in [-0.3, -0.25) is 0 Å². The molecule has 0 aromatic heterocycles. The van der Waals surface area contributed by atoms with E-state index in [4.69, 9.17) is 0 Å². The summed E-state index contributed by atoms with van der Waals surface area (Å²) in [6, 6.07) is 7.37. The van der Waals surface area contributed by atoms with E-state index in [9.17, 15) is 31.5 Å². The van der Waals surface area contributed by atoms with E-state index >= 15 is 0 Å². The average molecular weight is 392 g/mol. The van der Waals surface area contributed by atoms with E-state index in [0.29, 0.717) is 5.39 Å². The van der Waals surface area contributed by atoms with Crippen LogP contribution in [0, 0.1) is 6.92 Å². The van der Waals surface area contributed by atoms with E-state index in [1.807, 2.05) is 0 Å². The van der Waals surface area contributed by atoms with Gasteiger partial charge < -0.3 is 14.0 Å². The zero-order valence-electron chi connectivity index (χ0n) is 13.7. The first-order valence-corrected chi connectivity index (χ1v) is 8.78. The topological polar surface area (TPSA) is 89.9 Å². The van der Waals surface area contributed by atoms with Gasteiger partial charge in [0.25, 0.3) is 0 Å². The number of ether oxygens (including phenoxy) is 1. The highest BCUT2D eigenvalue weighted by atomic mass is 32.2. The van der Waals surface area contributed by atoms with Gasteiger partial charge in [0.15, 0.2) is 11.9 Å². The lowest BCUT2D eigenvalue weighted by Gasteiger charge is -2.20. The maximum atomic E-state index is 12.8. The Labute approximate surface area is 147 Å². The first kappa shape index (κ1) is 20.0. The van der Waals surface area contributed by atoms with Gasteiger partial charge >= 0.3 is 21.6 Å². The maximum Gasteiger partial charge on any atom is 0.534 e. The number of rotatable bonds is 5. The number of esters is 1. The quantitative estimate of drug-likeness (QED) is 0.478. The van der Waals surface area contributed by atoms with E-state index in [-0.39, 0.29) is 17.6 Å². The molecule has 26 heavy (non-hydrogen) atoms. The second kappa shape index (κ2) is 7.12. The number of aliphatic hydroxyl groups excluding tert-OH is 1. The monoisotopic (exact) mass is 392 g/mol. The summed E-state index contributed by atoms with van der Waals surface area (Å²) in [4.78, 5) is 11.8. The minimum Gasteiger partial charge on any atom is -0.464 e. The molecule has 0 aliphatic heterocycles. The molecule has 0 amide bonds. The molecule has 2 aromatic rings. The minimum atomic E-state index is -6.02. The Bertz CT molecular complexity index is 937. The summed E-state index contributed by atoms with van der Waals surface area (Å²) >= 11 is 0. The Morgan fingerprint density at radius 3 is 2.46 bits per heavy atom. The van der Waals surface area contributed by atoms with Crippen LogP contribution < -0.4 is 4.18 Å². The third-order valence-corrected chi connectivity index (χ3v) is 4.46. The van der Waals surface area contributed by atoms with Gasteiger partial charge in [-0.15, -0.1) is 0 Å². The molecule has 0 aliphatic rings. The average Bonchev–Trinajstić information content (AvgIpc) is 2.53. The molecule has 0 bridgehead atoms. The number of carbonyl (C=O) groups is 1. The van der Waals surface area contributed by atoms with E-state index in [1.54, 1.807) is 6.07 Å². The molecule has 2 rings (SSSR count). The molecule has 0 saturated carbocycles. The molecule has 0 unspecified atom stereocenters. The van der Waals surface area contributed by atoms with Gasteiger partial charge in [-0.05, 0) is 24.8 Å². The number of hydrogen-bond acceptors (Lipinski definition) is 6. The number of hydrogen-bond donors (Lipinski definition) is 1. The fraction of sp³-hybridized carbons (Fsp3) is 0.312. The molecule has 1 atom stereocenters. The highest BCUT2D eigenvalue weighted by Crippen LogP contribution is 2.39. The Hall–Kier alpha value is -2.33. The summed E-state index contributed by atoms with van der Waals surface area (Å²) in [5, 5.41) is 10.6. The lowest BCUT2D eigenvalue weighted by atomic mass is 9.96. The fourth-order valence-corrected chi connectivity index (χ4v) is 2.88. The van der Waals surface area contributed by atoms with E-state index in [0.717, 1.165) is 0 Å². The van der Waals surface area contributed by atoms with Gasteiger partial charge in [-0.2, -0.15) is 21.6 Å². The van der Waals surface area contributed by atoms with Crippen molar-refractivity contribution in [1.29, 1.82) is 0 Å². The molecule has 0 saturated heterocycles. The Balaban J connectivity index is 2.75. The molecule has 0 fully saturated rings. The summed E-state index contributed by atoms with van der Waals surface area (Å²) in [7, 11) is -6.02. The molecule has 142 valence electrons. The molecular weight excluding hydrogens is 377 g/mol. The molecule has 10 heteroatoms. The lowest BCUT2D eigenvalue weighted by molar-refractivity contribution is -0.153. The van der Waals surface area contributed by atoms with E-state index in [2.05, 4.69) is 8.92 Å². The zero-order chi connectivity index (χ0) is 19.7. The first-order valence-electron chi connectivity index (χ1n) is 7.37. The van der Waals surface area contributed by atoms with Crippen LogP contribution in [0.5, 0.6) is 5.75 Å². The van der Waals surface area contributed by atoms with Crippen molar-refractivity contribution in [2.75, 3.05) is 6.61 Å². The molecule has 0 aliphatic carbocycles. The highest BCUT2D eigenvalue weighted by molar-refractivity contribution is 7.88. The molecule has 6 nitrogen and oxygen atoms in total. The van der Waals surface area contributed by atoms with Crippen molar-refractivity contribution in [1.82, 2.24) is 0 Å². The van der Waals surface area contributed by atoms with Crippen LogP contribution in [0.15, 0.2) is 30.3 Å². The third kappa shape index (κ3) is 3.75. The number of alkyl halides is 3. The molecular formula is C16H15F3O6S. The number of fused-ring (bicyclic) bond motifs is 1. The third-order valence-electron chi connectivity index (χ3n) is 3.51. The molecule has 1 N–H and O–H groups in total. The first-order chi connectivity index (χ1) is 12.0. The largest absolute Gasteiger partial charge is 0.534 e. The summed E-state index contributed by atoms with van der Waals surface area (Å²) in [6.45, 7) is 2.79. The van der Waals surface area contributed by atoms with Gasteiger partial charge in [-0.1, -0.05) is 30.3 Å².